The number of rotatable bonds is 4. The van der Waals surface area contributed by atoms with E-state index >= 15 is 0 Å². The molecular formula is C10H15N3O4S. The second-order valence-corrected chi connectivity index (χ2v) is 5.99. The summed E-state index contributed by atoms with van der Waals surface area (Å²) < 4.78 is 0. The Morgan fingerprint density at radius 1 is 1.67 bits per heavy atom. The van der Waals surface area contributed by atoms with Gasteiger partial charge in [-0.3, -0.25) is 19.2 Å². The van der Waals surface area contributed by atoms with Crippen molar-refractivity contribution in [2.45, 2.75) is 30.7 Å². The number of carbonyl (C=O) groups excluding carboxylic acids is 3. The van der Waals surface area contributed by atoms with Crippen LogP contribution in [0.5, 0.6) is 0 Å². The average molecular weight is 273 g/mol. The SMILES string of the molecule is CC12CCC(=O)N1C(C(=O)NOCC(N)=O)CS2. The molecule has 2 unspecified atom stereocenters. The number of fused-ring (bicyclic) bond motifs is 1. The molecule has 0 saturated carbocycles. The Kier molecular flexibility index (Phi) is 3.49. The molecule has 3 amide bonds. The van der Waals surface area contributed by atoms with Gasteiger partial charge in [0.05, 0.1) is 4.87 Å². The van der Waals surface area contributed by atoms with E-state index in [0.29, 0.717) is 12.2 Å². The van der Waals surface area contributed by atoms with E-state index in [2.05, 4.69) is 10.3 Å². The molecular weight excluding hydrogens is 258 g/mol. The molecule has 7 nitrogen and oxygen atoms in total. The van der Waals surface area contributed by atoms with E-state index < -0.39 is 17.9 Å². The van der Waals surface area contributed by atoms with Crippen LogP contribution in [0.25, 0.3) is 0 Å². The third kappa shape index (κ3) is 2.30. The molecule has 0 aromatic carbocycles. The van der Waals surface area contributed by atoms with Gasteiger partial charge in [-0.05, 0) is 13.3 Å². The van der Waals surface area contributed by atoms with Crippen molar-refractivity contribution in [3.63, 3.8) is 0 Å². The second kappa shape index (κ2) is 4.77. The van der Waals surface area contributed by atoms with Gasteiger partial charge < -0.3 is 10.6 Å². The largest absolute Gasteiger partial charge is 0.368 e. The van der Waals surface area contributed by atoms with Crippen LogP contribution in [0.15, 0.2) is 0 Å². The second-order valence-electron chi connectivity index (χ2n) is 4.49. The van der Waals surface area contributed by atoms with Gasteiger partial charge in [0.1, 0.15) is 6.04 Å². The number of hydrogen-bond acceptors (Lipinski definition) is 5. The number of nitrogens with two attached hydrogens (primary N) is 1. The zero-order chi connectivity index (χ0) is 13.3. The summed E-state index contributed by atoms with van der Waals surface area (Å²) in [6.45, 7) is 1.58. The molecule has 2 saturated heterocycles. The van der Waals surface area contributed by atoms with Crippen LogP contribution < -0.4 is 11.2 Å². The molecule has 2 rings (SSSR count). The minimum absolute atomic E-state index is 0.0162. The minimum atomic E-state index is -0.668. The van der Waals surface area contributed by atoms with Crippen molar-refractivity contribution < 1.29 is 19.2 Å². The van der Waals surface area contributed by atoms with Crippen molar-refractivity contribution in [2.24, 2.45) is 5.73 Å². The number of thioether (sulfide) groups is 1. The Balaban J connectivity index is 1.95. The molecule has 8 heteroatoms. The van der Waals surface area contributed by atoms with Crippen LogP contribution in [0, 0.1) is 0 Å². The van der Waals surface area contributed by atoms with Crippen molar-refractivity contribution in [2.75, 3.05) is 12.4 Å². The van der Waals surface area contributed by atoms with E-state index in [0.717, 1.165) is 6.42 Å². The van der Waals surface area contributed by atoms with Gasteiger partial charge in [-0.2, -0.15) is 0 Å². The molecule has 2 aliphatic rings. The predicted molar refractivity (Wildman–Crippen MR) is 64.0 cm³/mol. The summed E-state index contributed by atoms with van der Waals surface area (Å²) in [6, 6.07) is -0.539. The molecule has 0 spiro atoms. The third-order valence-corrected chi connectivity index (χ3v) is 4.64. The summed E-state index contributed by atoms with van der Waals surface area (Å²) in [6.07, 6.45) is 1.22. The summed E-state index contributed by atoms with van der Waals surface area (Å²) in [4.78, 5) is 40.1. The van der Waals surface area contributed by atoms with Gasteiger partial charge in [0.25, 0.3) is 5.91 Å². The maximum atomic E-state index is 11.9. The summed E-state index contributed by atoms with van der Waals surface area (Å²) >= 11 is 1.59. The fourth-order valence-corrected chi connectivity index (χ4v) is 3.69. The summed E-state index contributed by atoms with van der Waals surface area (Å²) in [5, 5.41) is 0. The monoisotopic (exact) mass is 273 g/mol. The maximum Gasteiger partial charge on any atom is 0.267 e. The Labute approximate surface area is 108 Å². The molecule has 3 N–H and O–H groups in total. The lowest BCUT2D eigenvalue weighted by molar-refractivity contribution is -0.146. The number of nitrogens with one attached hydrogen (secondary N) is 1. The highest BCUT2D eigenvalue weighted by Gasteiger charge is 2.52. The molecule has 0 aromatic rings. The van der Waals surface area contributed by atoms with Crippen molar-refractivity contribution in [1.29, 1.82) is 0 Å². The average Bonchev–Trinajstić information content (AvgIpc) is 2.76. The topological polar surface area (TPSA) is 102 Å². The van der Waals surface area contributed by atoms with Crippen LogP contribution in [-0.4, -0.2) is 45.9 Å². The number of primary amides is 1. The fourth-order valence-electron chi connectivity index (χ4n) is 2.26. The van der Waals surface area contributed by atoms with E-state index in [1.165, 1.54) is 0 Å². The van der Waals surface area contributed by atoms with Crippen molar-refractivity contribution in [1.82, 2.24) is 10.4 Å². The van der Waals surface area contributed by atoms with Crippen LogP contribution in [0.2, 0.25) is 0 Å². The lowest BCUT2D eigenvalue weighted by Gasteiger charge is -2.29. The zero-order valence-electron chi connectivity index (χ0n) is 9.97. The number of hydrogen-bond donors (Lipinski definition) is 2. The third-order valence-electron chi connectivity index (χ3n) is 3.13. The number of hydroxylamine groups is 1. The normalized spacial score (nSPS) is 30.4. The highest BCUT2D eigenvalue weighted by molar-refractivity contribution is 8.01. The number of nitrogens with zero attached hydrogens (tertiary/aromatic N) is 1. The van der Waals surface area contributed by atoms with Crippen molar-refractivity contribution in [3.05, 3.63) is 0 Å². The van der Waals surface area contributed by atoms with E-state index in [1.54, 1.807) is 16.7 Å². The molecule has 0 aromatic heterocycles. The van der Waals surface area contributed by atoms with E-state index in [9.17, 15) is 14.4 Å². The van der Waals surface area contributed by atoms with E-state index in [4.69, 9.17) is 5.73 Å². The number of carbonyl (C=O) groups is 3. The van der Waals surface area contributed by atoms with Crippen LogP contribution in [0.4, 0.5) is 0 Å². The molecule has 2 atom stereocenters. The van der Waals surface area contributed by atoms with Gasteiger partial charge in [-0.1, -0.05) is 0 Å². The molecule has 0 bridgehead atoms. The van der Waals surface area contributed by atoms with Crippen LogP contribution in [0.3, 0.4) is 0 Å². The molecule has 18 heavy (non-hydrogen) atoms. The van der Waals surface area contributed by atoms with Gasteiger partial charge >= 0.3 is 0 Å². The van der Waals surface area contributed by atoms with E-state index in [-0.39, 0.29) is 17.4 Å². The first-order chi connectivity index (χ1) is 8.44. The first kappa shape index (κ1) is 13.2. The molecule has 0 radical (unpaired) electrons. The van der Waals surface area contributed by atoms with Crippen molar-refractivity contribution >= 4 is 29.5 Å². The predicted octanol–water partition coefficient (Wildman–Crippen LogP) is -1.03. The van der Waals surface area contributed by atoms with Crippen molar-refractivity contribution in [3.8, 4) is 0 Å². The van der Waals surface area contributed by atoms with Crippen LogP contribution in [0.1, 0.15) is 19.8 Å². The Hall–Kier alpha value is -1.28. The molecule has 2 fully saturated rings. The minimum Gasteiger partial charge on any atom is -0.368 e. The first-order valence-electron chi connectivity index (χ1n) is 5.60. The summed E-state index contributed by atoms with van der Waals surface area (Å²) in [7, 11) is 0. The van der Waals surface area contributed by atoms with Gasteiger partial charge in [-0.15, -0.1) is 11.8 Å². The lowest BCUT2D eigenvalue weighted by atomic mass is 10.2. The van der Waals surface area contributed by atoms with E-state index in [1.807, 2.05) is 6.92 Å². The molecule has 0 aliphatic carbocycles. The molecule has 2 aliphatic heterocycles. The maximum absolute atomic E-state index is 11.9. The Morgan fingerprint density at radius 3 is 3.06 bits per heavy atom. The zero-order valence-corrected chi connectivity index (χ0v) is 10.8. The highest BCUT2D eigenvalue weighted by Crippen LogP contribution is 2.47. The van der Waals surface area contributed by atoms with Gasteiger partial charge in [0.15, 0.2) is 6.61 Å². The first-order valence-corrected chi connectivity index (χ1v) is 6.59. The van der Waals surface area contributed by atoms with Gasteiger partial charge in [-0.25, -0.2) is 5.48 Å². The van der Waals surface area contributed by atoms with Gasteiger partial charge in [0.2, 0.25) is 11.8 Å². The standard InChI is InChI=1S/C10H15N3O4S/c1-10-3-2-8(15)13(10)6(5-18-10)9(16)12-17-4-7(11)14/h6H,2-5H2,1H3,(H2,11,14)(H,12,16). The molecule has 100 valence electrons. The summed E-state index contributed by atoms with van der Waals surface area (Å²) in [5.74, 6) is -0.563. The van der Waals surface area contributed by atoms with Crippen LogP contribution >= 0.6 is 11.8 Å². The smallest absolute Gasteiger partial charge is 0.267 e. The number of amides is 3. The summed E-state index contributed by atoms with van der Waals surface area (Å²) in [5.41, 5.74) is 7.04. The fraction of sp³-hybridized carbons (Fsp3) is 0.700. The van der Waals surface area contributed by atoms with Crippen LogP contribution in [-0.2, 0) is 19.2 Å². The Bertz CT molecular complexity index is 403. The quantitative estimate of drug-likeness (QED) is 0.638. The van der Waals surface area contributed by atoms with Gasteiger partial charge in [0, 0.05) is 12.2 Å². The highest BCUT2D eigenvalue weighted by atomic mass is 32.2. The Morgan fingerprint density at radius 2 is 2.39 bits per heavy atom. The molecule has 2 heterocycles. The lowest BCUT2D eigenvalue weighted by Crippen LogP contribution is -2.50.